The van der Waals surface area contributed by atoms with Crippen molar-refractivity contribution in [2.45, 2.75) is 39.7 Å². The van der Waals surface area contributed by atoms with Gasteiger partial charge in [-0.3, -0.25) is 0 Å². The predicted molar refractivity (Wildman–Crippen MR) is 53.3 cm³/mol. The van der Waals surface area contributed by atoms with E-state index in [0.29, 0.717) is 5.92 Å². The fourth-order valence-corrected chi connectivity index (χ4v) is 1.03. The smallest absolute Gasteiger partial charge is 0.0598 e. The van der Waals surface area contributed by atoms with Crippen molar-refractivity contribution in [1.29, 1.82) is 0 Å². The minimum atomic E-state index is -0.00360. The Balaban J connectivity index is 3.51. The molecule has 0 N–H and O–H groups in total. The topological polar surface area (TPSA) is 9.23 Å². The molecule has 1 unspecified atom stereocenters. The molecule has 0 fully saturated rings. The molecular formula is C9H20OS. The number of thiol groups is 1. The van der Waals surface area contributed by atoms with E-state index in [-0.39, 0.29) is 5.60 Å². The molecule has 0 heterocycles. The van der Waals surface area contributed by atoms with Gasteiger partial charge >= 0.3 is 0 Å². The standard InChI is InChI=1S/C9H20OS/c1-5-8(7-11)6-10-9(2,3)4/h8,11H,5-7H2,1-4H3. The molecule has 1 atom stereocenters. The summed E-state index contributed by atoms with van der Waals surface area (Å²) in [4.78, 5) is 0. The summed E-state index contributed by atoms with van der Waals surface area (Å²) in [7, 11) is 0. The van der Waals surface area contributed by atoms with Gasteiger partial charge < -0.3 is 4.74 Å². The third-order valence-electron chi connectivity index (χ3n) is 1.59. The Kier molecular flexibility index (Phi) is 5.19. The van der Waals surface area contributed by atoms with Crippen LogP contribution in [-0.2, 0) is 4.74 Å². The average molecular weight is 176 g/mol. The van der Waals surface area contributed by atoms with Gasteiger partial charge in [-0.2, -0.15) is 12.6 Å². The first-order chi connectivity index (χ1) is 4.99. The monoisotopic (exact) mass is 176 g/mol. The molecule has 0 saturated carbocycles. The average Bonchev–Trinajstić information content (AvgIpc) is 1.88. The molecule has 0 spiro atoms. The van der Waals surface area contributed by atoms with Gasteiger partial charge in [-0.15, -0.1) is 0 Å². The molecular weight excluding hydrogens is 156 g/mol. The van der Waals surface area contributed by atoms with E-state index in [1.54, 1.807) is 0 Å². The maximum absolute atomic E-state index is 5.62. The van der Waals surface area contributed by atoms with E-state index < -0.39 is 0 Å². The second-order valence-electron chi connectivity index (χ2n) is 3.88. The summed E-state index contributed by atoms with van der Waals surface area (Å²) in [6.45, 7) is 9.26. The van der Waals surface area contributed by atoms with Crippen molar-refractivity contribution in [3.8, 4) is 0 Å². The molecule has 0 radical (unpaired) electrons. The highest BCUT2D eigenvalue weighted by molar-refractivity contribution is 7.80. The van der Waals surface area contributed by atoms with Crippen LogP contribution in [0.3, 0.4) is 0 Å². The van der Waals surface area contributed by atoms with Gasteiger partial charge in [0.15, 0.2) is 0 Å². The van der Waals surface area contributed by atoms with E-state index in [1.165, 1.54) is 0 Å². The highest BCUT2D eigenvalue weighted by atomic mass is 32.1. The van der Waals surface area contributed by atoms with Crippen molar-refractivity contribution >= 4 is 12.6 Å². The van der Waals surface area contributed by atoms with Gasteiger partial charge in [0.2, 0.25) is 0 Å². The summed E-state index contributed by atoms with van der Waals surface area (Å²) in [5.41, 5.74) is -0.00360. The molecule has 2 heteroatoms. The summed E-state index contributed by atoms with van der Waals surface area (Å²) in [6, 6.07) is 0. The minimum Gasteiger partial charge on any atom is -0.376 e. The highest BCUT2D eigenvalue weighted by Crippen LogP contribution is 2.12. The zero-order valence-corrected chi connectivity index (χ0v) is 8.95. The van der Waals surface area contributed by atoms with Gasteiger partial charge in [-0.05, 0) is 32.4 Å². The maximum Gasteiger partial charge on any atom is 0.0598 e. The molecule has 0 bridgehead atoms. The lowest BCUT2D eigenvalue weighted by Gasteiger charge is -2.22. The fourth-order valence-electron chi connectivity index (χ4n) is 0.668. The lowest BCUT2D eigenvalue weighted by Crippen LogP contribution is -2.23. The summed E-state index contributed by atoms with van der Waals surface area (Å²) in [5.74, 6) is 1.53. The summed E-state index contributed by atoms with van der Waals surface area (Å²) >= 11 is 4.25. The lowest BCUT2D eigenvalue weighted by atomic mass is 10.1. The van der Waals surface area contributed by atoms with E-state index in [9.17, 15) is 0 Å². The molecule has 0 aliphatic carbocycles. The van der Waals surface area contributed by atoms with Crippen LogP contribution in [0.5, 0.6) is 0 Å². The van der Waals surface area contributed by atoms with Gasteiger partial charge in [0.25, 0.3) is 0 Å². The Hall–Kier alpha value is 0.310. The van der Waals surface area contributed by atoms with Crippen LogP contribution in [0.15, 0.2) is 0 Å². The van der Waals surface area contributed by atoms with Crippen LogP contribution in [0.2, 0.25) is 0 Å². The summed E-state index contributed by atoms with van der Waals surface area (Å²) in [6.07, 6.45) is 1.15. The van der Waals surface area contributed by atoms with Crippen molar-refractivity contribution in [2.75, 3.05) is 12.4 Å². The van der Waals surface area contributed by atoms with E-state index in [0.717, 1.165) is 18.8 Å². The van der Waals surface area contributed by atoms with E-state index in [1.807, 2.05) is 0 Å². The van der Waals surface area contributed by atoms with E-state index >= 15 is 0 Å². The molecule has 0 aromatic heterocycles. The van der Waals surface area contributed by atoms with Gasteiger partial charge in [-0.1, -0.05) is 13.3 Å². The number of hydrogen-bond donors (Lipinski definition) is 1. The predicted octanol–water partition coefficient (Wildman–Crippen LogP) is 2.76. The molecule has 0 aliphatic rings. The number of hydrogen-bond acceptors (Lipinski definition) is 2. The third kappa shape index (κ3) is 6.70. The Morgan fingerprint density at radius 3 is 2.18 bits per heavy atom. The maximum atomic E-state index is 5.62. The Labute approximate surface area is 75.9 Å². The SMILES string of the molecule is CCC(CS)COC(C)(C)C. The van der Waals surface area contributed by atoms with Crippen LogP contribution in [0.4, 0.5) is 0 Å². The second kappa shape index (κ2) is 5.04. The molecule has 0 aliphatic heterocycles. The molecule has 11 heavy (non-hydrogen) atoms. The molecule has 0 aromatic carbocycles. The number of ether oxygens (including phenoxy) is 1. The van der Waals surface area contributed by atoms with Crippen molar-refractivity contribution in [3.63, 3.8) is 0 Å². The zero-order valence-electron chi connectivity index (χ0n) is 8.05. The van der Waals surface area contributed by atoms with Crippen LogP contribution in [0.1, 0.15) is 34.1 Å². The molecule has 0 amide bonds. The lowest BCUT2D eigenvalue weighted by molar-refractivity contribution is -0.0190. The second-order valence-corrected chi connectivity index (χ2v) is 4.25. The van der Waals surface area contributed by atoms with Crippen molar-refractivity contribution in [2.24, 2.45) is 5.92 Å². The highest BCUT2D eigenvalue weighted by Gasteiger charge is 2.12. The molecule has 0 aromatic rings. The minimum absolute atomic E-state index is 0.00360. The van der Waals surface area contributed by atoms with Crippen molar-refractivity contribution in [3.05, 3.63) is 0 Å². The van der Waals surface area contributed by atoms with Gasteiger partial charge in [0, 0.05) is 0 Å². The van der Waals surface area contributed by atoms with Crippen LogP contribution >= 0.6 is 12.6 Å². The van der Waals surface area contributed by atoms with Gasteiger partial charge in [0.05, 0.1) is 12.2 Å². The quantitative estimate of drug-likeness (QED) is 0.648. The van der Waals surface area contributed by atoms with Crippen LogP contribution in [0.25, 0.3) is 0 Å². The van der Waals surface area contributed by atoms with Crippen molar-refractivity contribution < 1.29 is 4.74 Å². The molecule has 1 nitrogen and oxygen atoms in total. The zero-order chi connectivity index (χ0) is 8.91. The Bertz CT molecular complexity index is 92.2. The third-order valence-corrected chi connectivity index (χ3v) is 2.10. The van der Waals surface area contributed by atoms with E-state index in [2.05, 4.69) is 40.3 Å². The van der Waals surface area contributed by atoms with Crippen LogP contribution in [0, 0.1) is 5.92 Å². The Morgan fingerprint density at radius 2 is 1.91 bits per heavy atom. The van der Waals surface area contributed by atoms with Crippen molar-refractivity contribution in [1.82, 2.24) is 0 Å². The van der Waals surface area contributed by atoms with E-state index in [4.69, 9.17) is 4.74 Å². The van der Waals surface area contributed by atoms with Gasteiger partial charge in [0.1, 0.15) is 0 Å². The molecule has 0 rings (SSSR count). The largest absolute Gasteiger partial charge is 0.376 e. The summed E-state index contributed by atoms with van der Waals surface area (Å²) in [5, 5.41) is 0. The van der Waals surface area contributed by atoms with Gasteiger partial charge in [-0.25, -0.2) is 0 Å². The first kappa shape index (κ1) is 11.3. The first-order valence-corrected chi connectivity index (χ1v) is 4.87. The summed E-state index contributed by atoms with van der Waals surface area (Å²) < 4.78 is 5.62. The molecule has 0 saturated heterocycles. The number of rotatable bonds is 4. The fraction of sp³-hybridized carbons (Fsp3) is 1.00. The molecule has 68 valence electrons. The van der Waals surface area contributed by atoms with Crippen LogP contribution < -0.4 is 0 Å². The first-order valence-electron chi connectivity index (χ1n) is 4.24. The normalized spacial score (nSPS) is 15.0. The van der Waals surface area contributed by atoms with Crippen LogP contribution in [-0.4, -0.2) is 18.0 Å². The Morgan fingerprint density at radius 1 is 1.36 bits per heavy atom.